The van der Waals surface area contributed by atoms with Gasteiger partial charge in [-0.3, -0.25) is 0 Å². The maximum absolute atomic E-state index is 5.61. The number of nitrogens with two attached hydrogens (primary N) is 1. The molecule has 0 fully saturated rings. The van der Waals surface area contributed by atoms with Gasteiger partial charge in [-0.05, 0) is 47.3 Å². The first-order chi connectivity index (χ1) is 5.95. The molecule has 0 aliphatic rings. The van der Waals surface area contributed by atoms with Gasteiger partial charge in [0.25, 0.3) is 0 Å². The van der Waals surface area contributed by atoms with Crippen LogP contribution in [0.25, 0.3) is 0 Å². The zero-order valence-electron chi connectivity index (χ0n) is 9.47. The summed E-state index contributed by atoms with van der Waals surface area (Å²) in [5.41, 5.74) is 5.40. The minimum atomic E-state index is -0.0191. The van der Waals surface area contributed by atoms with E-state index in [2.05, 4.69) is 32.7 Å². The Hall–Kier alpha value is -0.120. The van der Waals surface area contributed by atoms with E-state index in [9.17, 15) is 0 Å². The highest BCUT2D eigenvalue weighted by Gasteiger charge is 2.09. The van der Waals surface area contributed by atoms with Crippen molar-refractivity contribution < 1.29 is 4.74 Å². The molecule has 0 heterocycles. The number of hydrogen-bond acceptors (Lipinski definition) is 3. The smallest absolute Gasteiger partial charge is 0.0600 e. The van der Waals surface area contributed by atoms with Gasteiger partial charge in [-0.1, -0.05) is 0 Å². The topological polar surface area (TPSA) is 38.5 Å². The lowest BCUT2D eigenvalue weighted by Gasteiger charge is -2.22. The predicted molar refractivity (Wildman–Crippen MR) is 56.9 cm³/mol. The monoisotopic (exact) mass is 188 g/mol. The van der Waals surface area contributed by atoms with Crippen LogP contribution in [0, 0.1) is 0 Å². The molecule has 2 N–H and O–H groups in total. The van der Waals surface area contributed by atoms with E-state index < -0.39 is 0 Å². The highest BCUT2D eigenvalue weighted by Crippen LogP contribution is 2.05. The molecule has 0 saturated heterocycles. The van der Waals surface area contributed by atoms with E-state index in [1.807, 2.05) is 0 Å². The van der Waals surface area contributed by atoms with Crippen LogP contribution in [0.3, 0.4) is 0 Å². The highest BCUT2D eigenvalue weighted by molar-refractivity contribution is 4.60. The van der Waals surface area contributed by atoms with E-state index in [-0.39, 0.29) is 5.60 Å². The second-order valence-electron chi connectivity index (χ2n) is 4.41. The van der Waals surface area contributed by atoms with E-state index in [1.165, 1.54) is 0 Å². The summed E-state index contributed by atoms with van der Waals surface area (Å²) in [6.45, 7) is 9.84. The van der Waals surface area contributed by atoms with Gasteiger partial charge in [-0.2, -0.15) is 0 Å². The van der Waals surface area contributed by atoms with Crippen LogP contribution >= 0.6 is 0 Å². The molecule has 0 bridgehead atoms. The van der Waals surface area contributed by atoms with Crippen LogP contribution in [0.1, 0.15) is 27.2 Å². The summed E-state index contributed by atoms with van der Waals surface area (Å²) in [4.78, 5) is 2.25. The minimum absolute atomic E-state index is 0.0191. The lowest BCUT2D eigenvalue weighted by Crippen LogP contribution is -2.29. The highest BCUT2D eigenvalue weighted by atomic mass is 16.5. The molecular formula is C10H24N2O. The van der Waals surface area contributed by atoms with Gasteiger partial charge in [0.15, 0.2) is 0 Å². The third-order valence-electron chi connectivity index (χ3n) is 1.75. The largest absolute Gasteiger partial charge is 0.375 e. The number of hydrogen-bond donors (Lipinski definition) is 1. The van der Waals surface area contributed by atoms with Crippen molar-refractivity contribution in [3.05, 3.63) is 0 Å². The molecule has 80 valence electrons. The van der Waals surface area contributed by atoms with Crippen LogP contribution in [-0.4, -0.2) is 43.8 Å². The molecule has 0 unspecified atom stereocenters. The second kappa shape index (κ2) is 6.35. The summed E-state index contributed by atoms with van der Waals surface area (Å²) in [6.07, 6.45) is 1.06. The van der Waals surface area contributed by atoms with E-state index in [0.29, 0.717) is 0 Å². The summed E-state index contributed by atoms with van der Waals surface area (Å²) >= 11 is 0. The minimum Gasteiger partial charge on any atom is -0.375 e. The van der Waals surface area contributed by atoms with Crippen molar-refractivity contribution in [1.82, 2.24) is 4.90 Å². The summed E-state index contributed by atoms with van der Waals surface area (Å²) in [7, 11) is 2.10. The van der Waals surface area contributed by atoms with Gasteiger partial charge in [-0.25, -0.2) is 0 Å². The van der Waals surface area contributed by atoms with Crippen LogP contribution < -0.4 is 5.73 Å². The molecule has 0 radical (unpaired) electrons. The first-order valence-electron chi connectivity index (χ1n) is 4.98. The molecule has 3 heteroatoms. The first-order valence-corrected chi connectivity index (χ1v) is 4.98. The molecule has 0 atom stereocenters. The number of ether oxygens (including phenoxy) is 1. The maximum Gasteiger partial charge on any atom is 0.0600 e. The van der Waals surface area contributed by atoms with Crippen molar-refractivity contribution in [2.24, 2.45) is 5.73 Å². The molecule has 0 saturated carbocycles. The molecule has 0 aromatic carbocycles. The van der Waals surface area contributed by atoms with Crippen LogP contribution in [0.5, 0.6) is 0 Å². The molecule has 0 spiro atoms. The van der Waals surface area contributed by atoms with Gasteiger partial charge in [0.05, 0.1) is 12.2 Å². The summed E-state index contributed by atoms with van der Waals surface area (Å²) in [5, 5.41) is 0. The lowest BCUT2D eigenvalue weighted by atomic mass is 10.2. The van der Waals surface area contributed by atoms with Crippen molar-refractivity contribution >= 4 is 0 Å². The zero-order valence-corrected chi connectivity index (χ0v) is 9.47. The molecule has 13 heavy (non-hydrogen) atoms. The SMILES string of the molecule is CN(CCCN)CCOC(C)(C)C. The fourth-order valence-corrected chi connectivity index (χ4v) is 0.981. The summed E-state index contributed by atoms with van der Waals surface area (Å²) < 4.78 is 5.61. The maximum atomic E-state index is 5.61. The van der Waals surface area contributed by atoms with Crippen molar-refractivity contribution in [2.45, 2.75) is 32.8 Å². The molecule has 0 aromatic heterocycles. The Kier molecular flexibility index (Phi) is 6.29. The fraction of sp³-hybridized carbons (Fsp3) is 1.00. The average Bonchev–Trinajstić information content (AvgIpc) is 1.98. The standard InChI is InChI=1S/C10H24N2O/c1-10(2,3)13-9-8-12(4)7-5-6-11/h5-9,11H2,1-4H3. The Morgan fingerprint density at radius 2 is 1.85 bits per heavy atom. The number of nitrogens with zero attached hydrogens (tertiary/aromatic N) is 1. The van der Waals surface area contributed by atoms with Gasteiger partial charge in [0.1, 0.15) is 0 Å². The number of rotatable bonds is 6. The molecule has 0 amide bonds. The molecule has 0 aromatic rings. The van der Waals surface area contributed by atoms with Gasteiger partial charge < -0.3 is 15.4 Å². The fourth-order valence-electron chi connectivity index (χ4n) is 0.981. The Labute approximate surface area is 82.2 Å². The Balaban J connectivity index is 3.31. The van der Waals surface area contributed by atoms with Crippen LogP contribution in [-0.2, 0) is 4.74 Å². The van der Waals surface area contributed by atoms with Crippen molar-refractivity contribution in [3.63, 3.8) is 0 Å². The van der Waals surface area contributed by atoms with Crippen molar-refractivity contribution in [1.29, 1.82) is 0 Å². The number of likely N-dealkylation sites (N-methyl/N-ethyl adjacent to an activating group) is 1. The van der Waals surface area contributed by atoms with Crippen molar-refractivity contribution in [2.75, 3.05) is 33.3 Å². The normalized spacial score (nSPS) is 12.5. The van der Waals surface area contributed by atoms with E-state index in [0.717, 1.165) is 32.7 Å². The quantitative estimate of drug-likeness (QED) is 0.678. The van der Waals surface area contributed by atoms with Gasteiger partial charge >= 0.3 is 0 Å². The Morgan fingerprint density at radius 1 is 1.23 bits per heavy atom. The molecule has 0 aliphatic carbocycles. The first kappa shape index (κ1) is 12.9. The third-order valence-corrected chi connectivity index (χ3v) is 1.75. The van der Waals surface area contributed by atoms with Crippen LogP contribution in [0.2, 0.25) is 0 Å². The van der Waals surface area contributed by atoms with E-state index in [4.69, 9.17) is 10.5 Å². The van der Waals surface area contributed by atoms with Crippen LogP contribution in [0.4, 0.5) is 0 Å². The molecular weight excluding hydrogens is 164 g/mol. The van der Waals surface area contributed by atoms with Gasteiger partial charge in [-0.15, -0.1) is 0 Å². The molecule has 0 aliphatic heterocycles. The second-order valence-corrected chi connectivity index (χ2v) is 4.41. The molecule has 3 nitrogen and oxygen atoms in total. The third kappa shape index (κ3) is 9.80. The van der Waals surface area contributed by atoms with Crippen LogP contribution in [0.15, 0.2) is 0 Å². The van der Waals surface area contributed by atoms with Crippen molar-refractivity contribution in [3.8, 4) is 0 Å². The van der Waals surface area contributed by atoms with E-state index in [1.54, 1.807) is 0 Å². The van der Waals surface area contributed by atoms with Gasteiger partial charge in [0, 0.05) is 6.54 Å². The Morgan fingerprint density at radius 3 is 2.31 bits per heavy atom. The molecule has 0 rings (SSSR count). The average molecular weight is 188 g/mol. The van der Waals surface area contributed by atoms with E-state index >= 15 is 0 Å². The summed E-state index contributed by atoms with van der Waals surface area (Å²) in [5.74, 6) is 0. The zero-order chi connectivity index (χ0) is 10.3. The lowest BCUT2D eigenvalue weighted by molar-refractivity contribution is -0.0107. The Bertz CT molecular complexity index is 121. The predicted octanol–water partition coefficient (Wildman–Crippen LogP) is 1.08. The summed E-state index contributed by atoms with van der Waals surface area (Å²) in [6, 6.07) is 0. The van der Waals surface area contributed by atoms with Gasteiger partial charge in [0.2, 0.25) is 0 Å².